The Morgan fingerprint density at radius 1 is 1.26 bits per heavy atom. The minimum absolute atomic E-state index is 0.807. The second kappa shape index (κ2) is 5.96. The summed E-state index contributed by atoms with van der Waals surface area (Å²) in [5.41, 5.74) is 4.52. The number of hydrogen-bond donors (Lipinski definition) is 1. The second-order valence-electron chi connectivity index (χ2n) is 6.00. The number of hydrogen-bond acceptors (Lipinski definition) is 2. The third kappa shape index (κ3) is 2.79. The van der Waals surface area contributed by atoms with Crippen LogP contribution in [-0.4, -0.2) is 24.0 Å². The predicted molar refractivity (Wildman–Crippen MR) is 81.6 cm³/mol. The molecule has 2 nitrogen and oxygen atoms in total. The van der Waals surface area contributed by atoms with Crippen molar-refractivity contribution in [2.75, 3.05) is 18.4 Å². The molecular weight excluding hydrogens is 232 g/mol. The Bertz CT molecular complexity index is 427. The molecule has 1 aromatic carbocycles. The zero-order chi connectivity index (χ0) is 13.1. The van der Waals surface area contributed by atoms with Crippen molar-refractivity contribution < 1.29 is 0 Å². The smallest absolute Gasteiger partial charge is 0.0375 e. The maximum absolute atomic E-state index is 3.55. The van der Waals surface area contributed by atoms with Gasteiger partial charge in [0, 0.05) is 24.8 Å². The molecular formula is C17H26N2. The van der Waals surface area contributed by atoms with E-state index in [0.29, 0.717) is 0 Å². The maximum atomic E-state index is 3.55. The van der Waals surface area contributed by atoms with E-state index in [1.165, 1.54) is 50.8 Å². The van der Waals surface area contributed by atoms with E-state index in [2.05, 4.69) is 35.3 Å². The van der Waals surface area contributed by atoms with Crippen LogP contribution in [0.25, 0.3) is 0 Å². The van der Waals surface area contributed by atoms with Crippen molar-refractivity contribution in [1.82, 2.24) is 4.90 Å². The van der Waals surface area contributed by atoms with Gasteiger partial charge in [0.25, 0.3) is 0 Å². The van der Waals surface area contributed by atoms with Crippen molar-refractivity contribution in [3.8, 4) is 0 Å². The lowest BCUT2D eigenvalue weighted by Crippen LogP contribution is -2.38. The predicted octanol–water partition coefficient (Wildman–Crippen LogP) is 3.81. The summed E-state index contributed by atoms with van der Waals surface area (Å²) < 4.78 is 0. The minimum atomic E-state index is 0.807. The third-order valence-corrected chi connectivity index (χ3v) is 4.79. The van der Waals surface area contributed by atoms with Crippen LogP contribution in [0.3, 0.4) is 0 Å². The van der Waals surface area contributed by atoms with Crippen molar-refractivity contribution in [2.45, 2.75) is 58.0 Å². The highest BCUT2D eigenvalue weighted by Crippen LogP contribution is 2.28. The molecule has 104 valence electrons. The molecule has 2 heterocycles. The highest BCUT2D eigenvalue weighted by atomic mass is 15.2. The molecule has 0 aromatic heterocycles. The van der Waals surface area contributed by atoms with E-state index in [-0.39, 0.29) is 0 Å². The molecule has 3 rings (SSSR count). The molecule has 1 unspecified atom stereocenters. The van der Waals surface area contributed by atoms with Gasteiger partial charge in [-0.05, 0) is 55.8 Å². The van der Waals surface area contributed by atoms with Crippen molar-refractivity contribution >= 4 is 5.69 Å². The number of nitrogens with zero attached hydrogens (tertiary/aromatic N) is 1. The lowest BCUT2D eigenvalue weighted by Gasteiger charge is -2.36. The SMILES string of the molecule is CCC1CCCCN1Cc1cccc2c1CCCN2. The van der Waals surface area contributed by atoms with E-state index in [1.54, 1.807) is 11.1 Å². The van der Waals surface area contributed by atoms with E-state index in [1.807, 2.05) is 0 Å². The molecule has 1 fully saturated rings. The zero-order valence-corrected chi connectivity index (χ0v) is 12.1. The molecule has 2 aliphatic heterocycles. The lowest BCUT2D eigenvalue weighted by atomic mass is 9.95. The Morgan fingerprint density at radius 2 is 2.21 bits per heavy atom. The number of piperidine rings is 1. The van der Waals surface area contributed by atoms with E-state index in [4.69, 9.17) is 0 Å². The second-order valence-corrected chi connectivity index (χ2v) is 6.00. The minimum Gasteiger partial charge on any atom is -0.385 e. The summed E-state index contributed by atoms with van der Waals surface area (Å²) in [6, 6.07) is 7.61. The summed E-state index contributed by atoms with van der Waals surface area (Å²) in [6.45, 7) is 5.92. The Hall–Kier alpha value is -1.02. The summed E-state index contributed by atoms with van der Waals surface area (Å²) in [4.78, 5) is 2.72. The average molecular weight is 258 g/mol. The quantitative estimate of drug-likeness (QED) is 0.887. The number of nitrogens with one attached hydrogen (secondary N) is 1. The van der Waals surface area contributed by atoms with Gasteiger partial charge in [0.05, 0.1) is 0 Å². The molecule has 0 bridgehead atoms. The largest absolute Gasteiger partial charge is 0.385 e. The van der Waals surface area contributed by atoms with Crippen LogP contribution in [-0.2, 0) is 13.0 Å². The van der Waals surface area contributed by atoms with Crippen LogP contribution in [0.2, 0.25) is 0 Å². The molecule has 1 saturated heterocycles. The molecule has 2 heteroatoms. The van der Waals surface area contributed by atoms with Crippen LogP contribution >= 0.6 is 0 Å². The van der Waals surface area contributed by atoms with Gasteiger partial charge < -0.3 is 5.32 Å². The highest BCUT2D eigenvalue weighted by Gasteiger charge is 2.22. The van der Waals surface area contributed by atoms with Crippen molar-refractivity contribution in [1.29, 1.82) is 0 Å². The average Bonchev–Trinajstić information content (AvgIpc) is 2.48. The fourth-order valence-corrected chi connectivity index (χ4v) is 3.68. The number of rotatable bonds is 3. The first-order chi connectivity index (χ1) is 9.38. The lowest BCUT2D eigenvalue weighted by molar-refractivity contribution is 0.136. The van der Waals surface area contributed by atoms with Crippen molar-refractivity contribution in [3.05, 3.63) is 29.3 Å². The van der Waals surface area contributed by atoms with Gasteiger partial charge in [0.2, 0.25) is 0 Å². The summed E-state index contributed by atoms with van der Waals surface area (Å²) >= 11 is 0. The van der Waals surface area contributed by atoms with Gasteiger partial charge in [-0.3, -0.25) is 4.90 Å². The molecule has 0 radical (unpaired) electrons. The van der Waals surface area contributed by atoms with Gasteiger partial charge in [0.15, 0.2) is 0 Å². The van der Waals surface area contributed by atoms with E-state index >= 15 is 0 Å². The summed E-state index contributed by atoms with van der Waals surface area (Å²) in [6.07, 6.45) is 8.02. The first-order valence-electron chi connectivity index (χ1n) is 7.97. The summed E-state index contributed by atoms with van der Waals surface area (Å²) in [7, 11) is 0. The Kier molecular flexibility index (Phi) is 4.07. The number of benzene rings is 1. The normalized spacial score (nSPS) is 23.7. The van der Waals surface area contributed by atoms with Crippen LogP contribution in [0, 0.1) is 0 Å². The first-order valence-corrected chi connectivity index (χ1v) is 7.97. The molecule has 1 atom stereocenters. The van der Waals surface area contributed by atoms with Crippen LogP contribution in [0.15, 0.2) is 18.2 Å². The van der Waals surface area contributed by atoms with Crippen molar-refractivity contribution in [2.24, 2.45) is 0 Å². The number of anilines is 1. The molecule has 0 saturated carbocycles. The Labute approximate surface area is 117 Å². The molecule has 1 aromatic rings. The van der Waals surface area contributed by atoms with Gasteiger partial charge in [-0.25, -0.2) is 0 Å². The van der Waals surface area contributed by atoms with Gasteiger partial charge >= 0.3 is 0 Å². The van der Waals surface area contributed by atoms with Gasteiger partial charge in [-0.1, -0.05) is 25.5 Å². The van der Waals surface area contributed by atoms with Gasteiger partial charge in [-0.15, -0.1) is 0 Å². The van der Waals surface area contributed by atoms with Crippen LogP contribution in [0.5, 0.6) is 0 Å². The van der Waals surface area contributed by atoms with Gasteiger partial charge in [0.1, 0.15) is 0 Å². The van der Waals surface area contributed by atoms with Crippen LogP contribution in [0.1, 0.15) is 50.2 Å². The first kappa shape index (κ1) is 13.0. The van der Waals surface area contributed by atoms with E-state index in [0.717, 1.165) is 19.1 Å². The summed E-state index contributed by atoms with van der Waals surface area (Å²) in [5, 5.41) is 3.55. The summed E-state index contributed by atoms with van der Waals surface area (Å²) in [5.74, 6) is 0. The molecule has 0 spiro atoms. The fraction of sp³-hybridized carbons (Fsp3) is 0.647. The van der Waals surface area contributed by atoms with Crippen LogP contribution < -0.4 is 5.32 Å². The fourth-order valence-electron chi connectivity index (χ4n) is 3.68. The van der Waals surface area contributed by atoms with E-state index < -0.39 is 0 Å². The highest BCUT2D eigenvalue weighted by molar-refractivity contribution is 5.56. The third-order valence-electron chi connectivity index (χ3n) is 4.79. The molecule has 0 amide bonds. The molecule has 1 N–H and O–H groups in total. The number of likely N-dealkylation sites (tertiary alicyclic amines) is 1. The van der Waals surface area contributed by atoms with Crippen molar-refractivity contribution in [3.63, 3.8) is 0 Å². The van der Waals surface area contributed by atoms with E-state index in [9.17, 15) is 0 Å². The monoisotopic (exact) mass is 258 g/mol. The zero-order valence-electron chi connectivity index (χ0n) is 12.1. The molecule has 2 aliphatic rings. The number of fused-ring (bicyclic) bond motifs is 1. The maximum Gasteiger partial charge on any atom is 0.0375 e. The Morgan fingerprint density at radius 3 is 3.11 bits per heavy atom. The molecule has 0 aliphatic carbocycles. The van der Waals surface area contributed by atoms with Crippen LogP contribution in [0.4, 0.5) is 5.69 Å². The Balaban J connectivity index is 1.78. The topological polar surface area (TPSA) is 15.3 Å². The van der Waals surface area contributed by atoms with Gasteiger partial charge in [-0.2, -0.15) is 0 Å². The standard InChI is InChI=1S/C17H26N2/c1-2-15-8-3-4-12-19(15)13-14-7-5-10-17-16(14)9-6-11-18-17/h5,7,10,15,18H,2-4,6,8-9,11-13H2,1H3. The molecule has 19 heavy (non-hydrogen) atoms.